The van der Waals surface area contributed by atoms with Crippen LogP contribution >= 0.6 is 11.3 Å². The number of ether oxygens (including phenoxy) is 2. The van der Waals surface area contributed by atoms with Gasteiger partial charge in [0.1, 0.15) is 4.21 Å². The summed E-state index contributed by atoms with van der Waals surface area (Å²) in [7, 11) is -1.17. The molecule has 5 heteroatoms. The molecule has 100 valence electrons. The SMILES string of the molecule is Cc1ccc(S(=O)c2sccc2C2OCCO2)cc1. The van der Waals surface area contributed by atoms with Crippen molar-refractivity contribution in [3.8, 4) is 0 Å². The molecule has 3 rings (SSSR count). The van der Waals surface area contributed by atoms with Crippen LogP contribution in [-0.2, 0) is 20.3 Å². The molecule has 1 aliphatic heterocycles. The number of thiophene rings is 1. The fraction of sp³-hybridized carbons (Fsp3) is 0.286. The zero-order valence-corrected chi connectivity index (χ0v) is 12.1. The molecule has 1 atom stereocenters. The summed E-state index contributed by atoms with van der Waals surface area (Å²) < 4.78 is 24.4. The molecule has 0 saturated carbocycles. The van der Waals surface area contributed by atoms with Crippen LogP contribution in [0.2, 0.25) is 0 Å². The number of hydrogen-bond donors (Lipinski definition) is 0. The van der Waals surface area contributed by atoms with E-state index in [0.29, 0.717) is 13.2 Å². The predicted molar refractivity (Wildman–Crippen MR) is 74.8 cm³/mol. The standard InChI is InChI=1S/C14H14O3S2/c1-10-2-4-11(5-3-10)19(15)14-12(6-9-18-14)13-16-7-8-17-13/h2-6,9,13H,7-8H2,1H3. The van der Waals surface area contributed by atoms with E-state index < -0.39 is 10.8 Å². The Kier molecular flexibility index (Phi) is 3.79. The molecule has 2 aromatic rings. The van der Waals surface area contributed by atoms with Crippen LogP contribution in [0.3, 0.4) is 0 Å². The molecule has 19 heavy (non-hydrogen) atoms. The Morgan fingerprint density at radius 1 is 1.16 bits per heavy atom. The number of aryl methyl sites for hydroxylation is 1. The van der Waals surface area contributed by atoms with Gasteiger partial charge in [-0.3, -0.25) is 0 Å². The van der Waals surface area contributed by atoms with Crippen LogP contribution < -0.4 is 0 Å². The van der Waals surface area contributed by atoms with Crippen LogP contribution in [0.15, 0.2) is 44.8 Å². The van der Waals surface area contributed by atoms with Gasteiger partial charge in [0.2, 0.25) is 0 Å². The number of rotatable bonds is 3. The Hall–Kier alpha value is -1.01. The zero-order valence-electron chi connectivity index (χ0n) is 10.5. The number of benzene rings is 1. The van der Waals surface area contributed by atoms with Gasteiger partial charge in [-0.15, -0.1) is 11.3 Å². The quantitative estimate of drug-likeness (QED) is 0.871. The van der Waals surface area contributed by atoms with Gasteiger partial charge in [0.25, 0.3) is 0 Å². The molecule has 1 aromatic heterocycles. The lowest BCUT2D eigenvalue weighted by Crippen LogP contribution is -2.01. The largest absolute Gasteiger partial charge is 0.346 e. The third-order valence-electron chi connectivity index (χ3n) is 2.94. The molecule has 1 aliphatic rings. The van der Waals surface area contributed by atoms with E-state index in [0.717, 1.165) is 20.2 Å². The van der Waals surface area contributed by atoms with E-state index >= 15 is 0 Å². The van der Waals surface area contributed by atoms with Crippen molar-refractivity contribution < 1.29 is 13.7 Å². The Morgan fingerprint density at radius 2 is 1.84 bits per heavy atom. The first-order valence-electron chi connectivity index (χ1n) is 6.05. The second kappa shape index (κ2) is 5.54. The van der Waals surface area contributed by atoms with Crippen molar-refractivity contribution in [3.63, 3.8) is 0 Å². The van der Waals surface area contributed by atoms with Crippen molar-refractivity contribution in [1.82, 2.24) is 0 Å². The molecule has 0 N–H and O–H groups in total. The highest BCUT2D eigenvalue weighted by molar-refractivity contribution is 7.87. The van der Waals surface area contributed by atoms with Crippen molar-refractivity contribution in [2.24, 2.45) is 0 Å². The minimum atomic E-state index is -1.17. The Labute approximate surface area is 118 Å². The summed E-state index contributed by atoms with van der Waals surface area (Å²) in [4.78, 5) is 0.812. The van der Waals surface area contributed by atoms with Gasteiger partial charge in [-0.1, -0.05) is 17.7 Å². The van der Waals surface area contributed by atoms with Crippen LogP contribution in [0.4, 0.5) is 0 Å². The minimum absolute atomic E-state index is 0.365. The maximum absolute atomic E-state index is 12.6. The monoisotopic (exact) mass is 294 g/mol. The molecule has 1 unspecified atom stereocenters. The smallest absolute Gasteiger partial charge is 0.186 e. The van der Waals surface area contributed by atoms with E-state index in [1.54, 1.807) is 0 Å². The van der Waals surface area contributed by atoms with Crippen LogP contribution in [0.5, 0.6) is 0 Å². The van der Waals surface area contributed by atoms with Crippen LogP contribution in [0.25, 0.3) is 0 Å². The molecular formula is C14H14O3S2. The van der Waals surface area contributed by atoms with Gasteiger partial charge in [-0.2, -0.15) is 0 Å². The molecule has 0 bridgehead atoms. The normalized spacial score (nSPS) is 17.7. The highest BCUT2D eigenvalue weighted by atomic mass is 32.2. The maximum Gasteiger partial charge on any atom is 0.186 e. The van der Waals surface area contributed by atoms with Crippen LogP contribution in [0, 0.1) is 6.92 Å². The average molecular weight is 294 g/mol. The van der Waals surface area contributed by atoms with Gasteiger partial charge in [0.05, 0.1) is 24.0 Å². The molecule has 0 amide bonds. The summed E-state index contributed by atoms with van der Waals surface area (Å²) in [5.74, 6) is 0. The topological polar surface area (TPSA) is 35.5 Å². The molecule has 1 fully saturated rings. The van der Waals surface area contributed by atoms with Crippen LogP contribution in [-0.4, -0.2) is 17.4 Å². The van der Waals surface area contributed by atoms with Crippen molar-refractivity contribution in [1.29, 1.82) is 0 Å². The Balaban J connectivity index is 1.91. The first-order valence-corrected chi connectivity index (χ1v) is 8.08. The summed E-state index contributed by atoms with van der Waals surface area (Å²) in [5.41, 5.74) is 2.05. The first kappa shape index (κ1) is 13.0. The predicted octanol–water partition coefficient (Wildman–Crippen LogP) is 3.27. The molecule has 1 aromatic carbocycles. The third-order valence-corrected chi connectivity index (χ3v) is 5.68. The van der Waals surface area contributed by atoms with Gasteiger partial charge in [-0.05, 0) is 30.5 Å². The summed E-state index contributed by atoms with van der Waals surface area (Å²) >= 11 is 1.48. The van der Waals surface area contributed by atoms with Gasteiger partial charge >= 0.3 is 0 Å². The molecular weight excluding hydrogens is 280 g/mol. The molecule has 0 aliphatic carbocycles. The summed E-state index contributed by atoms with van der Waals surface area (Å²) in [6.07, 6.45) is -0.365. The van der Waals surface area contributed by atoms with E-state index in [4.69, 9.17) is 9.47 Å². The third kappa shape index (κ3) is 2.65. The van der Waals surface area contributed by atoms with E-state index in [2.05, 4.69) is 0 Å². The zero-order chi connectivity index (χ0) is 13.2. The second-order valence-electron chi connectivity index (χ2n) is 4.32. The Morgan fingerprint density at radius 3 is 2.53 bits per heavy atom. The maximum atomic E-state index is 12.6. The summed E-state index contributed by atoms with van der Waals surface area (Å²) in [6.45, 7) is 3.21. The van der Waals surface area contributed by atoms with Gasteiger partial charge < -0.3 is 9.47 Å². The van der Waals surface area contributed by atoms with Crippen molar-refractivity contribution in [3.05, 3.63) is 46.8 Å². The lowest BCUT2D eigenvalue weighted by Gasteiger charge is -2.10. The van der Waals surface area contributed by atoms with E-state index in [9.17, 15) is 4.21 Å². The van der Waals surface area contributed by atoms with Gasteiger partial charge in [-0.25, -0.2) is 4.21 Å². The van der Waals surface area contributed by atoms with Gasteiger partial charge in [0.15, 0.2) is 6.29 Å². The van der Waals surface area contributed by atoms with E-state index in [1.165, 1.54) is 11.3 Å². The minimum Gasteiger partial charge on any atom is -0.346 e. The van der Waals surface area contributed by atoms with E-state index in [1.807, 2.05) is 42.6 Å². The average Bonchev–Trinajstić information content (AvgIpc) is 3.09. The summed E-state index contributed by atoms with van der Waals surface area (Å²) in [5, 5.41) is 1.93. The molecule has 0 radical (unpaired) electrons. The van der Waals surface area contributed by atoms with Crippen LogP contribution in [0.1, 0.15) is 17.4 Å². The van der Waals surface area contributed by atoms with Gasteiger partial charge in [0, 0.05) is 10.5 Å². The van der Waals surface area contributed by atoms with Crippen molar-refractivity contribution in [2.75, 3.05) is 13.2 Å². The lowest BCUT2D eigenvalue weighted by molar-refractivity contribution is -0.0455. The lowest BCUT2D eigenvalue weighted by atomic mass is 10.2. The molecule has 3 nitrogen and oxygen atoms in total. The fourth-order valence-corrected chi connectivity index (χ4v) is 4.36. The molecule has 1 saturated heterocycles. The molecule has 2 heterocycles. The highest BCUT2D eigenvalue weighted by Crippen LogP contribution is 2.34. The number of hydrogen-bond acceptors (Lipinski definition) is 4. The van der Waals surface area contributed by atoms with E-state index in [-0.39, 0.29) is 6.29 Å². The van der Waals surface area contributed by atoms with Crippen molar-refractivity contribution in [2.45, 2.75) is 22.3 Å². The second-order valence-corrected chi connectivity index (χ2v) is 6.91. The highest BCUT2D eigenvalue weighted by Gasteiger charge is 2.25. The summed E-state index contributed by atoms with van der Waals surface area (Å²) in [6, 6.07) is 9.70. The first-order chi connectivity index (χ1) is 9.25. The van der Waals surface area contributed by atoms with Crippen molar-refractivity contribution >= 4 is 22.1 Å². The fourth-order valence-electron chi connectivity index (χ4n) is 1.94. The Bertz CT molecular complexity index is 583. The molecule has 0 spiro atoms.